The molecule has 6 heteroatoms. The normalized spacial score (nSPS) is 16.1. The number of rotatable bonds is 5. The summed E-state index contributed by atoms with van der Waals surface area (Å²) in [7, 11) is 0. The summed E-state index contributed by atoms with van der Waals surface area (Å²) in [5.41, 5.74) is 1.13. The molecule has 2 rings (SSSR count). The van der Waals surface area contributed by atoms with Crippen LogP contribution in [0, 0.1) is 18.3 Å². The Morgan fingerprint density at radius 1 is 1.45 bits per heavy atom. The number of ketones is 1. The van der Waals surface area contributed by atoms with Crippen LogP contribution in [0.25, 0.3) is 0 Å². The van der Waals surface area contributed by atoms with Gasteiger partial charge in [0.1, 0.15) is 10.8 Å². The van der Waals surface area contributed by atoms with Gasteiger partial charge in [0.15, 0.2) is 12.4 Å². The maximum absolute atomic E-state index is 12.3. The van der Waals surface area contributed by atoms with Gasteiger partial charge in [-0.15, -0.1) is 12.3 Å². The summed E-state index contributed by atoms with van der Waals surface area (Å²) in [6.45, 7) is 1.70. The Labute approximate surface area is 138 Å². The third kappa shape index (κ3) is 3.21. The largest absolute Gasteiger partial charge is 0.480 e. The number of benzene rings is 1. The standard InChI is InChI=1S/C16H14Cl2O4/c1-3-5-9-6-10-7-11(22-8-12(19)21-4-2)14(17)15(18)13(10)16(9)20/h1,7,9H,4-6,8H2,2H3. The van der Waals surface area contributed by atoms with E-state index >= 15 is 0 Å². The average molecular weight is 341 g/mol. The fourth-order valence-electron chi connectivity index (χ4n) is 2.39. The summed E-state index contributed by atoms with van der Waals surface area (Å²) in [6, 6.07) is 1.64. The van der Waals surface area contributed by atoms with Crippen LogP contribution in [0.15, 0.2) is 6.07 Å². The first-order valence-corrected chi connectivity index (χ1v) is 7.52. The predicted molar refractivity (Wildman–Crippen MR) is 83.6 cm³/mol. The number of carbonyl (C=O) groups is 2. The second kappa shape index (κ2) is 7.04. The molecule has 4 nitrogen and oxygen atoms in total. The van der Waals surface area contributed by atoms with E-state index in [0.717, 1.165) is 5.56 Å². The summed E-state index contributed by atoms with van der Waals surface area (Å²) in [5, 5.41) is 0.252. The topological polar surface area (TPSA) is 52.6 Å². The van der Waals surface area contributed by atoms with Crippen LogP contribution in [-0.2, 0) is 16.0 Å². The van der Waals surface area contributed by atoms with Crippen molar-refractivity contribution in [1.82, 2.24) is 0 Å². The zero-order valence-corrected chi connectivity index (χ0v) is 13.5. The van der Waals surface area contributed by atoms with Gasteiger partial charge in [-0.05, 0) is 25.0 Å². The highest BCUT2D eigenvalue weighted by atomic mass is 35.5. The number of fused-ring (bicyclic) bond motifs is 1. The van der Waals surface area contributed by atoms with Gasteiger partial charge in [-0.2, -0.15) is 0 Å². The fourth-order valence-corrected chi connectivity index (χ4v) is 2.91. The number of halogens is 2. The van der Waals surface area contributed by atoms with E-state index in [0.29, 0.717) is 18.4 Å². The summed E-state index contributed by atoms with van der Waals surface area (Å²) >= 11 is 12.3. The van der Waals surface area contributed by atoms with Crippen molar-refractivity contribution in [3.8, 4) is 18.1 Å². The van der Waals surface area contributed by atoms with Crippen molar-refractivity contribution in [2.45, 2.75) is 19.8 Å². The van der Waals surface area contributed by atoms with E-state index < -0.39 is 5.97 Å². The molecule has 0 saturated heterocycles. The average Bonchev–Trinajstić information content (AvgIpc) is 2.78. The lowest BCUT2D eigenvalue weighted by Crippen LogP contribution is -2.15. The molecule has 0 fully saturated rings. The van der Waals surface area contributed by atoms with Gasteiger partial charge in [-0.25, -0.2) is 4.79 Å². The van der Waals surface area contributed by atoms with Crippen molar-refractivity contribution >= 4 is 35.0 Å². The van der Waals surface area contributed by atoms with Gasteiger partial charge in [-0.1, -0.05) is 23.2 Å². The van der Waals surface area contributed by atoms with Crippen LogP contribution in [0.3, 0.4) is 0 Å². The summed E-state index contributed by atoms with van der Waals surface area (Å²) in [5.74, 6) is 1.86. The van der Waals surface area contributed by atoms with E-state index in [2.05, 4.69) is 5.92 Å². The van der Waals surface area contributed by atoms with Crippen molar-refractivity contribution in [3.05, 3.63) is 27.2 Å². The summed E-state index contributed by atoms with van der Waals surface area (Å²) in [6.07, 6.45) is 6.11. The number of terminal acetylenes is 1. The second-order valence-electron chi connectivity index (χ2n) is 4.80. The molecule has 1 aliphatic rings. The van der Waals surface area contributed by atoms with Crippen molar-refractivity contribution in [3.63, 3.8) is 0 Å². The molecule has 116 valence electrons. The van der Waals surface area contributed by atoms with Crippen LogP contribution in [0.5, 0.6) is 5.75 Å². The SMILES string of the molecule is C#CCC1Cc2cc(OCC(=O)OCC)c(Cl)c(Cl)c2C1=O. The monoisotopic (exact) mass is 340 g/mol. The van der Waals surface area contributed by atoms with E-state index in [9.17, 15) is 9.59 Å². The Morgan fingerprint density at radius 3 is 2.82 bits per heavy atom. The molecule has 1 atom stereocenters. The molecule has 0 N–H and O–H groups in total. The van der Waals surface area contributed by atoms with Gasteiger partial charge in [0.2, 0.25) is 0 Å². The number of hydrogen-bond donors (Lipinski definition) is 0. The Morgan fingerprint density at radius 2 is 2.18 bits per heavy atom. The Balaban J connectivity index is 2.25. The zero-order valence-electron chi connectivity index (χ0n) is 11.9. The summed E-state index contributed by atoms with van der Waals surface area (Å²) < 4.78 is 10.1. The zero-order chi connectivity index (χ0) is 16.3. The number of esters is 1. The Kier molecular flexibility index (Phi) is 5.33. The van der Waals surface area contributed by atoms with E-state index in [4.69, 9.17) is 39.1 Å². The third-order valence-corrected chi connectivity index (χ3v) is 4.20. The molecule has 0 amide bonds. The summed E-state index contributed by atoms with van der Waals surface area (Å²) in [4.78, 5) is 23.6. The lowest BCUT2D eigenvalue weighted by atomic mass is 10.0. The maximum Gasteiger partial charge on any atom is 0.344 e. The first-order chi connectivity index (χ1) is 10.5. The predicted octanol–water partition coefficient (Wildman–Crippen LogP) is 3.31. The highest BCUT2D eigenvalue weighted by Gasteiger charge is 2.34. The van der Waals surface area contributed by atoms with Crippen LogP contribution in [0.4, 0.5) is 0 Å². The number of Topliss-reactive ketones (excluding diaryl/α,β-unsaturated/α-hetero) is 1. The quantitative estimate of drug-likeness (QED) is 0.609. The van der Waals surface area contributed by atoms with Crippen molar-refractivity contribution in [1.29, 1.82) is 0 Å². The lowest BCUT2D eigenvalue weighted by Gasteiger charge is -2.11. The minimum atomic E-state index is -0.503. The van der Waals surface area contributed by atoms with E-state index in [-0.39, 0.29) is 40.7 Å². The van der Waals surface area contributed by atoms with Crippen LogP contribution in [0.2, 0.25) is 10.0 Å². The van der Waals surface area contributed by atoms with Crippen LogP contribution in [-0.4, -0.2) is 25.0 Å². The number of carbonyl (C=O) groups excluding carboxylic acids is 2. The highest BCUT2D eigenvalue weighted by molar-refractivity contribution is 6.45. The van der Waals surface area contributed by atoms with E-state index in [1.54, 1.807) is 13.0 Å². The third-order valence-electron chi connectivity index (χ3n) is 3.35. The van der Waals surface area contributed by atoms with Crippen LogP contribution >= 0.6 is 23.2 Å². The smallest absolute Gasteiger partial charge is 0.344 e. The molecular weight excluding hydrogens is 327 g/mol. The van der Waals surface area contributed by atoms with Crippen molar-refractivity contribution in [2.24, 2.45) is 5.92 Å². The number of hydrogen-bond acceptors (Lipinski definition) is 4. The van der Waals surface area contributed by atoms with Gasteiger partial charge in [0, 0.05) is 17.9 Å². The minimum Gasteiger partial charge on any atom is -0.480 e. The molecule has 1 aliphatic carbocycles. The molecule has 0 bridgehead atoms. The molecule has 0 radical (unpaired) electrons. The van der Waals surface area contributed by atoms with Crippen LogP contribution in [0.1, 0.15) is 29.3 Å². The molecule has 1 aromatic rings. The number of ether oxygens (including phenoxy) is 2. The maximum atomic E-state index is 12.3. The molecule has 0 aliphatic heterocycles. The molecule has 1 aromatic carbocycles. The first-order valence-electron chi connectivity index (χ1n) is 6.76. The molecule has 0 spiro atoms. The van der Waals surface area contributed by atoms with Crippen LogP contribution < -0.4 is 4.74 Å². The van der Waals surface area contributed by atoms with Gasteiger partial charge < -0.3 is 9.47 Å². The molecule has 0 aromatic heterocycles. The Hall–Kier alpha value is -1.70. The van der Waals surface area contributed by atoms with Crippen molar-refractivity contribution in [2.75, 3.05) is 13.2 Å². The second-order valence-corrected chi connectivity index (χ2v) is 5.56. The first kappa shape index (κ1) is 16.7. The van der Waals surface area contributed by atoms with Crippen molar-refractivity contribution < 1.29 is 19.1 Å². The lowest BCUT2D eigenvalue weighted by molar-refractivity contribution is -0.145. The van der Waals surface area contributed by atoms with Gasteiger partial charge in [0.05, 0.1) is 11.6 Å². The van der Waals surface area contributed by atoms with Gasteiger partial charge in [0.25, 0.3) is 0 Å². The Bertz CT molecular complexity index is 661. The highest BCUT2D eigenvalue weighted by Crippen LogP contribution is 2.42. The van der Waals surface area contributed by atoms with Gasteiger partial charge >= 0.3 is 5.97 Å². The van der Waals surface area contributed by atoms with E-state index in [1.807, 2.05) is 0 Å². The fraction of sp³-hybridized carbons (Fsp3) is 0.375. The molecule has 22 heavy (non-hydrogen) atoms. The molecule has 0 heterocycles. The van der Waals surface area contributed by atoms with E-state index in [1.165, 1.54) is 0 Å². The molecule has 1 unspecified atom stereocenters. The molecule has 0 saturated carbocycles. The minimum absolute atomic E-state index is 0.100. The molecular formula is C16H14Cl2O4. The van der Waals surface area contributed by atoms with Gasteiger partial charge in [-0.3, -0.25) is 4.79 Å².